The fourth-order valence-electron chi connectivity index (χ4n) is 4.01. The van der Waals surface area contributed by atoms with Crippen molar-refractivity contribution in [3.63, 3.8) is 0 Å². The maximum atomic E-state index is 13.1. The van der Waals surface area contributed by atoms with E-state index in [4.69, 9.17) is 14.2 Å². The lowest BCUT2D eigenvalue weighted by Gasteiger charge is -2.26. The number of rotatable bonds is 8. The zero-order valence-electron chi connectivity index (χ0n) is 19.3. The van der Waals surface area contributed by atoms with E-state index in [-0.39, 0.29) is 11.3 Å². The minimum Gasteiger partial charge on any atom is -0.507 e. The molecule has 0 aromatic heterocycles. The molecule has 2 aromatic carbocycles. The highest BCUT2D eigenvalue weighted by Crippen LogP contribution is 2.41. The Hall–Kier alpha value is -3.78. The van der Waals surface area contributed by atoms with Gasteiger partial charge in [-0.1, -0.05) is 24.8 Å². The molecule has 0 saturated carbocycles. The number of Topliss-reactive ketones (excluding diaryl/α,β-unsaturated/α-hetero) is 1. The van der Waals surface area contributed by atoms with Crippen LogP contribution in [0.15, 0.2) is 60.7 Å². The van der Waals surface area contributed by atoms with Gasteiger partial charge in [0.1, 0.15) is 31.3 Å². The second kappa shape index (κ2) is 10.0. The van der Waals surface area contributed by atoms with Crippen molar-refractivity contribution in [1.29, 1.82) is 0 Å². The number of hydrogen-bond acceptors (Lipinski definition) is 7. The first kappa shape index (κ1) is 23.4. The number of ketones is 1. The number of likely N-dealkylation sites (N-methyl/N-ethyl adjacent to an activating group) is 1. The van der Waals surface area contributed by atoms with Crippen molar-refractivity contribution < 1.29 is 28.9 Å². The number of hydrogen-bond donors (Lipinski definition) is 1. The maximum absolute atomic E-state index is 13.1. The lowest BCUT2D eigenvalue weighted by atomic mass is 9.95. The number of amides is 1. The van der Waals surface area contributed by atoms with Crippen molar-refractivity contribution in [3.8, 4) is 17.2 Å². The zero-order valence-corrected chi connectivity index (χ0v) is 19.3. The van der Waals surface area contributed by atoms with Crippen LogP contribution in [0.2, 0.25) is 0 Å². The summed E-state index contributed by atoms with van der Waals surface area (Å²) in [6.45, 7) is 5.74. The van der Waals surface area contributed by atoms with Gasteiger partial charge in [-0.15, -0.1) is 0 Å². The Kier molecular flexibility index (Phi) is 6.88. The average molecular weight is 465 g/mol. The third-order valence-electron chi connectivity index (χ3n) is 5.71. The fourth-order valence-corrected chi connectivity index (χ4v) is 4.01. The third kappa shape index (κ3) is 4.63. The van der Waals surface area contributed by atoms with Crippen LogP contribution in [-0.2, 0) is 9.59 Å². The van der Waals surface area contributed by atoms with Gasteiger partial charge in [0.25, 0.3) is 11.7 Å². The summed E-state index contributed by atoms with van der Waals surface area (Å²) in [5.74, 6) is 0.0831. The molecular weight excluding hydrogens is 436 g/mol. The number of aliphatic hydroxyl groups is 1. The molecule has 178 valence electrons. The SMILES string of the molecule is C=CCOc1ccc([C@@H]2C(=C(O)c3ccc4c(c3)OCCO4)C(=O)C(=O)N2CCN(C)C)cc1. The number of aliphatic hydroxyl groups excluding tert-OH is 1. The lowest BCUT2D eigenvalue weighted by Crippen LogP contribution is -2.35. The molecule has 2 aliphatic heterocycles. The van der Waals surface area contributed by atoms with Crippen LogP contribution >= 0.6 is 0 Å². The summed E-state index contributed by atoms with van der Waals surface area (Å²) in [6.07, 6.45) is 1.65. The number of carbonyl (C=O) groups excluding carboxylic acids is 2. The minimum atomic E-state index is -0.735. The van der Waals surface area contributed by atoms with E-state index < -0.39 is 17.7 Å². The van der Waals surface area contributed by atoms with Crippen LogP contribution < -0.4 is 14.2 Å². The quantitative estimate of drug-likeness (QED) is 0.278. The van der Waals surface area contributed by atoms with Crippen molar-refractivity contribution in [3.05, 3.63) is 71.8 Å². The molecule has 0 bridgehead atoms. The largest absolute Gasteiger partial charge is 0.507 e. The van der Waals surface area contributed by atoms with Gasteiger partial charge in [-0.05, 0) is 50.0 Å². The molecule has 2 aromatic rings. The fraction of sp³-hybridized carbons (Fsp3) is 0.308. The number of carbonyl (C=O) groups is 2. The molecule has 1 N–H and O–H groups in total. The Morgan fingerprint density at radius 2 is 1.85 bits per heavy atom. The smallest absolute Gasteiger partial charge is 0.295 e. The molecule has 4 rings (SSSR count). The summed E-state index contributed by atoms with van der Waals surface area (Å²) in [4.78, 5) is 29.6. The topological polar surface area (TPSA) is 88.5 Å². The van der Waals surface area contributed by atoms with Crippen LogP contribution in [0.4, 0.5) is 0 Å². The monoisotopic (exact) mass is 464 g/mol. The number of ether oxygens (including phenoxy) is 3. The van der Waals surface area contributed by atoms with E-state index in [1.807, 2.05) is 19.0 Å². The number of likely N-dealkylation sites (tertiary alicyclic amines) is 1. The van der Waals surface area contributed by atoms with Crippen molar-refractivity contribution >= 4 is 17.4 Å². The van der Waals surface area contributed by atoms with Crippen LogP contribution in [0.1, 0.15) is 17.2 Å². The van der Waals surface area contributed by atoms with E-state index in [0.29, 0.717) is 61.3 Å². The summed E-state index contributed by atoms with van der Waals surface area (Å²) >= 11 is 0. The Morgan fingerprint density at radius 1 is 1.15 bits per heavy atom. The summed E-state index contributed by atoms with van der Waals surface area (Å²) in [5.41, 5.74) is 1.12. The van der Waals surface area contributed by atoms with Crippen molar-refractivity contribution in [2.45, 2.75) is 6.04 Å². The number of fused-ring (bicyclic) bond motifs is 1. The molecule has 1 saturated heterocycles. The molecule has 1 fully saturated rings. The first-order chi connectivity index (χ1) is 16.4. The average Bonchev–Trinajstić information content (AvgIpc) is 3.10. The second-order valence-electron chi connectivity index (χ2n) is 8.32. The number of benzene rings is 2. The van der Waals surface area contributed by atoms with Gasteiger partial charge in [-0.25, -0.2) is 0 Å². The standard InChI is InChI=1S/C26H28N2O6/c1-4-13-32-19-8-5-17(6-9-19)23-22(25(30)26(31)28(23)12-11-27(2)3)24(29)18-7-10-20-21(16-18)34-15-14-33-20/h4-10,16,23,29H,1,11-15H2,2-3H3/t23-/m1/s1. The lowest BCUT2D eigenvalue weighted by molar-refractivity contribution is -0.140. The van der Waals surface area contributed by atoms with Crippen LogP contribution in [-0.4, -0.2) is 73.6 Å². The molecular formula is C26H28N2O6. The molecule has 0 aliphatic carbocycles. The van der Waals surface area contributed by atoms with Crippen LogP contribution in [0.25, 0.3) is 5.76 Å². The first-order valence-electron chi connectivity index (χ1n) is 11.1. The highest BCUT2D eigenvalue weighted by molar-refractivity contribution is 6.46. The molecule has 2 heterocycles. The second-order valence-corrected chi connectivity index (χ2v) is 8.32. The molecule has 34 heavy (non-hydrogen) atoms. The summed E-state index contributed by atoms with van der Waals surface area (Å²) in [6, 6.07) is 11.4. The molecule has 2 aliphatic rings. The Bertz CT molecular complexity index is 1120. The molecule has 0 spiro atoms. The molecule has 0 radical (unpaired) electrons. The van der Waals surface area contributed by atoms with E-state index in [1.54, 1.807) is 48.5 Å². The molecule has 8 heteroatoms. The van der Waals surface area contributed by atoms with E-state index in [2.05, 4.69) is 6.58 Å². The van der Waals surface area contributed by atoms with E-state index in [9.17, 15) is 14.7 Å². The normalized spacial score (nSPS) is 18.9. The van der Waals surface area contributed by atoms with Crippen molar-refractivity contribution in [2.75, 3.05) is 47.0 Å². The van der Waals surface area contributed by atoms with E-state index >= 15 is 0 Å². The highest BCUT2D eigenvalue weighted by atomic mass is 16.6. The predicted octanol–water partition coefficient (Wildman–Crippen LogP) is 3.01. The van der Waals surface area contributed by atoms with Crippen molar-refractivity contribution in [1.82, 2.24) is 9.80 Å². The summed E-state index contributed by atoms with van der Waals surface area (Å²) < 4.78 is 16.7. The molecule has 1 atom stereocenters. The van der Waals surface area contributed by atoms with Gasteiger partial charge in [0.2, 0.25) is 0 Å². The van der Waals surface area contributed by atoms with Crippen LogP contribution in [0, 0.1) is 0 Å². The first-order valence-corrected chi connectivity index (χ1v) is 11.1. The van der Waals surface area contributed by atoms with Gasteiger partial charge in [0.05, 0.1) is 11.6 Å². The van der Waals surface area contributed by atoms with Gasteiger partial charge < -0.3 is 29.1 Å². The highest BCUT2D eigenvalue weighted by Gasteiger charge is 2.46. The van der Waals surface area contributed by atoms with E-state index in [0.717, 1.165) is 0 Å². The summed E-state index contributed by atoms with van der Waals surface area (Å²) in [7, 11) is 3.79. The molecule has 8 nitrogen and oxygen atoms in total. The van der Waals surface area contributed by atoms with Gasteiger partial charge in [0.15, 0.2) is 11.5 Å². The minimum absolute atomic E-state index is 0.0418. The van der Waals surface area contributed by atoms with E-state index in [1.165, 1.54) is 4.90 Å². The number of nitrogens with zero attached hydrogens (tertiary/aromatic N) is 2. The molecule has 1 amide bonds. The Balaban J connectivity index is 1.77. The van der Waals surface area contributed by atoms with Gasteiger partial charge in [-0.3, -0.25) is 9.59 Å². The Labute approximate surface area is 198 Å². The molecule has 0 unspecified atom stereocenters. The van der Waals surface area contributed by atoms with Crippen LogP contribution in [0.3, 0.4) is 0 Å². The van der Waals surface area contributed by atoms with Gasteiger partial charge in [-0.2, -0.15) is 0 Å². The third-order valence-corrected chi connectivity index (χ3v) is 5.71. The Morgan fingerprint density at radius 3 is 2.53 bits per heavy atom. The zero-order chi connectivity index (χ0) is 24.2. The van der Waals surface area contributed by atoms with Gasteiger partial charge >= 0.3 is 0 Å². The van der Waals surface area contributed by atoms with Crippen LogP contribution in [0.5, 0.6) is 17.2 Å². The van der Waals surface area contributed by atoms with Gasteiger partial charge in [0, 0.05) is 18.7 Å². The summed E-state index contributed by atoms with van der Waals surface area (Å²) in [5, 5.41) is 11.2. The van der Waals surface area contributed by atoms with Crippen molar-refractivity contribution in [2.24, 2.45) is 0 Å². The predicted molar refractivity (Wildman–Crippen MR) is 127 cm³/mol. The maximum Gasteiger partial charge on any atom is 0.295 e.